The van der Waals surface area contributed by atoms with E-state index in [1.54, 1.807) is 11.3 Å². The zero-order chi connectivity index (χ0) is 16.2. The molecule has 0 bridgehead atoms. The normalized spacial score (nSPS) is 14.2. The molecule has 1 aliphatic carbocycles. The zero-order valence-electron chi connectivity index (χ0n) is 14.2. The van der Waals surface area contributed by atoms with Crippen molar-refractivity contribution >= 4 is 47.0 Å². The number of aliphatic imine (C=N–C) groups is 1. The first kappa shape index (κ1) is 19.2. The molecule has 24 heavy (non-hydrogen) atoms. The van der Waals surface area contributed by atoms with Gasteiger partial charge in [0.1, 0.15) is 5.01 Å². The van der Waals surface area contributed by atoms with Crippen molar-refractivity contribution in [1.82, 2.24) is 4.98 Å². The molecule has 1 aromatic carbocycles. The first-order valence-corrected chi connectivity index (χ1v) is 9.13. The van der Waals surface area contributed by atoms with Crippen LogP contribution in [0.1, 0.15) is 54.4 Å². The van der Waals surface area contributed by atoms with Crippen LogP contribution in [-0.4, -0.2) is 10.9 Å². The third-order valence-corrected chi connectivity index (χ3v) is 5.06. The SMILES string of the molecule is CC(C)c1csc(CN=C(N)Nc2cccc3c2CCCC3)n1.I. The standard InChI is InChI=1S/C18H24N4S.HI/c1-12(2)16-11-23-17(21-16)10-20-18(19)22-15-9-5-7-13-6-3-4-8-14(13)15;/h5,7,9,11-12H,3-4,6,8,10H2,1-2H3,(H3,19,20,22);1H. The van der Waals surface area contributed by atoms with Gasteiger partial charge < -0.3 is 11.1 Å². The molecule has 0 saturated carbocycles. The lowest BCUT2D eigenvalue weighted by Crippen LogP contribution is -2.24. The molecule has 0 unspecified atom stereocenters. The minimum atomic E-state index is 0. The minimum Gasteiger partial charge on any atom is -0.370 e. The monoisotopic (exact) mass is 456 g/mol. The summed E-state index contributed by atoms with van der Waals surface area (Å²) in [5.41, 5.74) is 11.1. The highest BCUT2D eigenvalue weighted by Gasteiger charge is 2.13. The Morgan fingerprint density at radius 2 is 2.12 bits per heavy atom. The summed E-state index contributed by atoms with van der Waals surface area (Å²) in [5.74, 6) is 0.917. The number of aromatic nitrogens is 1. The maximum atomic E-state index is 6.07. The van der Waals surface area contributed by atoms with Crippen molar-refractivity contribution in [1.29, 1.82) is 0 Å². The Balaban J connectivity index is 0.00000208. The summed E-state index contributed by atoms with van der Waals surface area (Å²) in [6.07, 6.45) is 4.82. The quantitative estimate of drug-likeness (QED) is 0.399. The Morgan fingerprint density at radius 1 is 1.33 bits per heavy atom. The molecule has 0 atom stereocenters. The minimum absolute atomic E-state index is 0. The van der Waals surface area contributed by atoms with Crippen molar-refractivity contribution in [3.63, 3.8) is 0 Å². The van der Waals surface area contributed by atoms with Gasteiger partial charge in [-0.25, -0.2) is 9.98 Å². The van der Waals surface area contributed by atoms with Gasteiger partial charge in [0.15, 0.2) is 5.96 Å². The van der Waals surface area contributed by atoms with Crippen LogP contribution in [0.25, 0.3) is 0 Å². The number of halogens is 1. The van der Waals surface area contributed by atoms with E-state index in [1.807, 2.05) is 0 Å². The lowest BCUT2D eigenvalue weighted by Gasteiger charge is -2.19. The number of hydrogen-bond acceptors (Lipinski definition) is 3. The Hall–Kier alpha value is -1.15. The number of nitrogens with one attached hydrogen (secondary N) is 1. The molecule has 0 radical (unpaired) electrons. The van der Waals surface area contributed by atoms with E-state index in [2.05, 4.69) is 52.7 Å². The molecule has 1 aliphatic rings. The van der Waals surface area contributed by atoms with Gasteiger partial charge in [-0.2, -0.15) is 0 Å². The van der Waals surface area contributed by atoms with Gasteiger partial charge in [-0.15, -0.1) is 35.3 Å². The topological polar surface area (TPSA) is 63.3 Å². The maximum Gasteiger partial charge on any atom is 0.193 e. The summed E-state index contributed by atoms with van der Waals surface area (Å²) in [5, 5.41) is 6.39. The van der Waals surface area contributed by atoms with Crippen molar-refractivity contribution < 1.29 is 0 Å². The fourth-order valence-electron chi connectivity index (χ4n) is 2.89. The summed E-state index contributed by atoms with van der Waals surface area (Å²) in [6, 6.07) is 6.40. The molecular weight excluding hydrogens is 431 g/mol. The molecule has 0 fully saturated rings. The third-order valence-electron chi connectivity index (χ3n) is 4.20. The van der Waals surface area contributed by atoms with Gasteiger partial charge in [0.25, 0.3) is 0 Å². The predicted molar refractivity (Wildman–Crippen MR) is 114 cm³/mol. The van der Waals surface area contributed by atoms with E-state index >= 15 is 0 Å². The summed E-state index contributed by atoms with van der Waals surface area (Å²) in [7, 11) is 0. The molecule has 0 amide bonds. The average molecular weight is 456 g/mol. The van der Waals surface area contributed by atoms with E-state index in [1.165, 1.54) is 30.4 Å². The van der Waals surface area contributed by atoms with Gasteiger partial charge in [-0.1, -0.05) is 26.0 Å². The second kappa shape index (κ2) is 8.80. The molecular formula is C18H25IN4S. The van der Waals surface area contributed by atoms with Crippen molar-refractivity contribution in [2.24, 2.45) is 10.7 Å². The molecule has 3 rings (SSSR count). The van der Waals surface area contributed by atoms with Crippen LogP contribution >= 0.6 is 35.3 Å². The Bertz CT molecular complexity index is 709. The Morgan fingerprint density at radius 3 is 2.88 bits per heavy atom. The second-order valence-corrected chi connectivity index (χ2v) is 7.24. The molecule has 3 N–H and O–H groups in total. The Labute approximate surface area is 165 Å². The number of guanidine groups is 1. The van der Waals surface area contributed by atoms with Crippen LogP contribution in [0, 0.1) is 0 Å². The number of aryl methyl sites for hydroxylation is 1. The van der Waals surface area contributed by atoms with Gasteiger partial charge in [-0.05, 0) is 48.8 Å². The first-order valence-electron chi connectivity index (χ1n) is 8.25. The number of hydrogen-bond donors (Lipinski definition) is 2. The highest BCUT2D eigenvalue weighted by atomic mass is 127. The van der Waals surface area contributed by atoms with Crippen molar-refractivity contribution in [3.8, 4) is 0 Å². The van der Waals surface area contributed by atoms with E-state index < -0.39 is 0 Å². The van der Waals surface area contributed by atoms with E-state index in [-0.39, 0.29) is 24.0 Å². The number of fused-ring (bicyclic) bond motifs is 1. The third kappa shape index (κ3) is 4.69. The van der Waals surface area contributed by atoms with E-state index in [0.717, 1.165) is 22.8 Å². The fourth-order valence-corrected chi connectivity index (χ4v) is 3.77. The van der Waals surface area contributed by atoms with Crippen LogP contribution in [-0.2, 0) is 19.4 Å². The molecule has 1 aromatic heterocycles. The largest absolute Gasteiger partial charge is 0.370 e. The van der Waals surface area contributed by atoms with Crippen LogP contribution in [0.4, 0.5) is 5.69 Å². The van der Waals surface area contributed by atoms with E-state index in [4.69, 9.17) is 5.73 Å². The van der Waals surface area contributed by atoms with Crippen LogP contribution < -0.4 is 11.1 Å². The number of benzene rings is 1. The maximum absolute atomic E-state index is 6.07. The highest BCUT2D eigenvalue weighted by Crippen LogP contribution is 2.27. The van der Waals surface area contributed by atoms with E-state index in [0.29, 0.717) is 18.4 Å². The number of rotatable bonds is 4. The molecule has 0 saturated heterocycles. The van der Waals surface area contributed by atoms with Crippen LogP contribution in [0.3, 0.4) is 0 Å². The molecule has 2 aromatic rings. The van der Waals surface area contributed by atoms with Crippen LogP contribution in [0.15, 0.2) is 28.6 Å². The summed E-state index contributed by atoms with van der Waals surface area (Å²) >= 11 is 1.65. The number of thiazole rings is 1. The van der Waals surface area contributed by atoms with Crippen LogP contribution in [0.2, 0.25) is 0 Å². The van der Waals surface area contributed by atoms with E-state index in [9.17, 15) is 0 Å². The highest BCUT2D eigenvalue weighted by molar-refractivity contribution is 14.0. The van der Waals surface area contributed by atoms with Gasteiger partial charge in [0, 0.05) is 11.1 Å². The molecule has 1 heterocycles. The summed E-state index contributed by atoms with van der Waals surface area (Å²) in [4.78, 5) is 9.03. The summed E-state index contributed by atoms with van der Waals surface area (Å²) in [6.45, 7) is 4.83. The van der Waals surface area contributed by atoms with Gasteiger partial charge >= 0.3 is 0 Å². The molecule has 6 heteroatoms. The lowest BCUT2D eigenvalue weighted by atomic mass is 9.90. The smallest absolute Gasteiger partial charge is 0.193 e. The number of anilines is 1. The Kier molecular flexibility index (Phi) is 7.03. The van der Waals surface area contributed by atoms with Gasteiger partial charge in [0.2, 0.25) is 0 Å². The second-order valence-electron chi connectivity index (χ2n) is 6.30. The molecule has 130 valence electrons. The fraction of sp³-hybridized carbons (Fsp3) is 0.444. The molecule has 0 spiro atoms. The average Bonchev–Trinajstić information content (AvgIpc) is 3.03. The number of nitrogens with zero attached hydrogens (tertiary/aromatic N) is 2. The van der Waals surface area contributed by atoms with Crippen LogP contribution in [0.5, 0.6) is 0 Å². The summed E-state index contributed by atoms with van der Waals surface area (Å²) < 4.78 is 0. The molecule has 0 aliphatic heterocycles. The first-order chi connectivity index (χ1) is 11.1. The lowest BCUT2D eigenvalue weighted by molar-refractivity contribution is 0.687. The predicted octanol–water partition coefficient (Wildman–Crippen LogP) is 4.69. The number of nitrogens with two attached hydrogens (primary N) is 1. The molecule has 4 nitrogen and oxygen atoms in total. The van der Waals surface area contributed by atoms with Gasteiger partial charge in [0.05, 0.1) is 12.2 Å². The zero-order valence-corrected chi connectivity index (χ0v) is 17.4. The van der Waals surface area contributed by atoms with Gasteiger partial charge in [-0.3, -0.25) is 0 Å². The van der Waals surface area contributed by atoms with Crippen molar-refractivity contribution in [3.05, 3.63) is 45.4 Å². The van der Waals surface area contributed by atoms with Crippen molar-refractivity contribution in [2.45, 2.75) is 52.0 Å². The van der Waals surface area contributed by atoms with Crippen molar-refractivity contribution in [2.75, 3.05) is 5.32 Å².